The van der Waals surface area contributed by atoms with Crippen LogP contribution >= 0.6 is 0 Å². The molecule has 4 nitrogen and oxygen atoms in total. The van der Waals surface area contributed by atoms with E-state index in [1.165, 1.54) is 5.56 Å². The lowest BCUT2D eigenvalue weighted by molar-refractivity contribution is 0.205. The zero-order valence-corrected chi connectivity index (χ0v) is 11.5. The summed E-state index contributed by atoms with van der Waals surface area (Å²) in [7, 11) is 2.06. The van der Waals surface area contributed by atoms with Crippen molar-refractivity contribution < 1.29 is 0 Å². The normalized spacial score (nSPS) is 17.9. The molecule has 4 heteroatoms. The van der Waals surface area contributed by atoms with E-state index in [1.807, 2.05) is 6.20 Å². The Balaban J connectivity index is 1.90. The van der Waals surface area contributed by atoms with Gasteiger partial charge in [-0.05, 0) is 44.5 Å². The maximum absolute atomic E-state index is 5.91. The molecule has 1 aromatic heterocycles. The number of likely N-dealkylation sites (tertiary alicyclic amines) is 1. The van der Waals surface area contributed by atoms with Crippen LogP contribution in [0.2, 0.25) is 0 Å². The van der Waals surface area contributed by atoms with Crippen LogP contribution in [0.5, 0.6) is 0 Å². The fourth-order valence-corrected chi connectivity index (χ4v) is 2.27. The number of rotatable bonds is 4. The lowest BCUT2D eigenvalue weighted by atomic mass is 10.1. The third kappa shape index (κ3) is 3.43. The topological polar surface area (TPSA) is 45.4 Å². The van der Waals surface area contributed by atoms with Crippen molar-refractivity contribution in [3.8, 4) is 0 Å². The highest BCUT2D eigenvalue weighted by Gasteiger charge is 2.15. The van der Waals surface area contributed by atoms with Crippen LogP contribution in [0.15, 0.2) is 18.3 Å². The average molecular weight is 248 g/mol. The molecule has 1 fully saturated rings. The molecule has 18 heavy (non-hydrogen) atoms. The molecule has 0 unspecified atom stereocenters. The quantitative estimate of drug-likeness (QED) is 0.876. The van der Waals surface area contributed by atoms with Crippen molar-refractivity contribution in [1.29, 1.82) is 0 Å². The Morgan fingerprint density at radius 1 is 1.39 bits per heavy atom. The minimum Gasteiger partial charge on any atom is -0.360 e. The van der Waals surface area contributed by atoms with Crippen molar-refractivity contribution in [2.45, 2.75) is 32.4 Å². The number of piperidine rings is 1. The van der Waals surface area contributed by atoms with Gasteiger partial charge in [-0.3, -0.25) is 4.90 Å². The molecular weight excluding hydrogens is 224 g/mol. The molecule has 0 amide bonds. The van der Waals surface area contributed by atoms with Gasteiger partial charge in [0, 0.05) is 32.4 Å². The number of nitrogens with zero attached hydrogens (tertiary/aromatic N) is 3. The smallest absolute Gasteiger partial charge is 0.128 e. The van der Waals surface area contributed by atoms with Crippen molar-refractivity contribution in [2.24, 2.45) is 5.73 Å². The van der Waals surface area contributed by atoms with Gasteiger partial charge in [0.05, 0.1) is 0 Å². The Kier molecular flexibility index (Phi) is 4.55. The third-order valence-electron chi connectivity index (χ3n) is 3.71. The molecule has 0 spiro atoms. The largest absolute Gasteiger partial charge is 0.360 e. The van der Waals surface area contributed by atoms with Crippen LogP contribution in [0.3, 0.4) is 0 Å². The Morgan fingerprint density at radius 2 is 2.11 bits per heavy atom. The van der Waals surface area contributed by atoms with Crippen molar-refractivity contribution in [3.63, 3.8) is 0 Å². The molecule has 1 aliphatic rings. The summed E-state index contributed by atoms with van der Waals surface area (Å²) in [6.45, 7) is 6.33. The lowest BCUT2D eigenvalue weighted by Crippen LogP contribution is -2.39. The van der Waals surface area contributed by atoms with Gasteiger partial charge in [0.2, 0.25) is 0 Å². The van der Waals surface area contributed by atoms with E-state index >= 15 is 0 Å². The van der Waals surface area contributed by atoms with Gasteiger partial charge < -0.3 is 10.6 Å². The van der Waals surface area contributed by atoms with Crippen LogP contribution < -0.4 is 10.6 Å². The van der Waals surface area contributed by atoms with Gasteiger partial charge >= 0.3 is 0 Å². The Hall–Kier alpha value is -1.13. The zero-order chi connectivity index (χ0) is 13.0. The highest BCUT2D eigenvalue weighted by molar-refractivity contribution is 5.37. The van der Waals surface area contributed by atoms with E-state index in [0.717, 1.165) is 44.8 Å². The summed E-state index contributed by atoms with van der Waals surface area (Å²) >= 11 is 0. The number of nitrogens with two attached hydrogens (primary N) is 1. The molecule has 0 atom stereocenters. The Morgan fingerprint density at radius 3 is 2.67 bits per heavy atom. The summed E-state index contributed by atoms with van der Waals surface area (Å²) in [5.74, 6) is 1.04. The lowest BCUT2D eigenvalue weighted by Gasteiger charge is -2.30. The highest BCUT2D eigenvalue weighted by atomic mass is 15.2. The van der Waals surface area contributed by atoms with Gasteiger partial charge in [0.1, 0.15) is 5.82 Å². The number of hydrogen-bond acceptors (Lipinski definition) is 4. The Labute approximate surface area is 110 Å². The van der Waals surface area contributed by atoms with E-state index in [1.54, 1.807) is 0 Å². The highest BCUT2D eigenvalue weighted by Crippen LogP contribution is 2.14. The van der Waals surface area contributed by atoms with Crippen molar-refractivity contribution in [1.82, 2.24) is 9.88 Å². The first kappa shape index (κ1) is 13.3. The molecule has 1 saturated heterocycles. The molecule has 2 heterocycles. The fraction of sp³-hybridized carbons (Fsp3) is 0.643. The zero-order valence-electron chi connectivity index (χ0n) is 11.5. The molecule has 2 N–H and O–H groups in total. The summed E-state index contributed by atoms with van der Waals surface area (Å²) in [5, 5.41) is 0. The molecular formula is C14H24N4. The minimum atomic E-state index is 0.403. The number of anilines is 1. The summed E-state index contributed by atoms with van der Waals surface area (Å²) in [5.41, 5.74) is 7.20. The molecule has 100 valence electrons. The monoisotopic (exact) mass is 248 g/mol. The van der Waals surface area contributed by atoms with Crippen molar-refractivity contribution in [2.75, 3.05) is 31.6 Å². The first-order valence-electron chi connectivity index (χ1n) is 6.83. The maximum Gasteiger partial charge on any atom is 0.128 e. The van der Waals surface area contributed by atoms with Gasteiger partial charge in [0.15, 0.2) is 0 Å². The van der Waals surface area contributed by atoms with Gasteiger partial charge in [-0.2, -0.15) is 0 Å². The number of hydrogen-bond donors (Lipinski definition) is 1. The van der Waals surface area contributed by atoms with Crippen LogP contribution in [0.25, 0.3) is 0 Å². The molecule has 1 aliphatic heterocycles. The molecule has 1 aromatic rings. The van der Waals surface area contributed by atoms with E-state index in [4.69, 9.17) is 5.73 Å². The minimum absolute atomic E-state index is 0.403. The summed E-state index contributed by atoms with van der Waals surface area (Å²) in [6, 6.07) is 4.69. The maximum atomic E-state index is 5.91. The van der Waals surface area contributed by atoms with E-state index in [0.29, 0.717) is 6.04 Å². The second kappa shape index (κ2) is 6.16. The van der Waals surface area contributed by atoms with Crippen LogP contribution in [0.4, 0.5) is 5.82 Å². The SMILES string of the molecule is CCN(C)c1ccc(CN2CCC(N)CC2)cn1. The summed E-state index contributed by atoms with van der Waals surface area (Å²) in [4.78, 5) is 9.11. The van der Waals surface area contributed by atoms with Crippen LogP contribution in [0, 0.1) is 0 Å². The first-order valence-corrected chi connectivity index (χ1v) is 6.83. The summed E-state index contributed by atoms with van der Waals surface area (Å²) < 4.78 is 0. The second-order valence-corrected chi connectivity index (χ2v) is 5.15. The average Bonchev–Trinajstić information content (AvgIpc) is 2.41. The van der Waals surface area contributed by atoms with Gasteiger partial charge in [-0.1, -0.05) is 6.07 Å². The standard InChI is InChI=1S/C14H24N4/c1-3-17(2)14-5-4-12(10-16-14)11-18-8-6-13(15)7-9-18/h4-5,10,13H,3,6-9,11,15H2,1-2H3. The summed E-state index contributed by atoms with van der Waals surface area (Å²) in [6.07, 6.45) is 4.23. The predicted molar refractivity (Wildman–Crippen MR) is 75.7 cm³/mol. The predicted octanol–water partition coefficient (Wildman–Crippen LogP) is 1.46. The number of aromatic nitrogens is 1. The van der Waals surface area contributed by atoms with Crippen molar-refractivity contribution in [3.05, 3.63) is 23.9 Å². The van der Waals surface area contributed by atoms with Gasteiger partial charge in [-0.15, -0.1) is 0 Å². The van der Waals surface area contributed by atoms with E-state index < -0.39 is 0 Å². The van der Waals surface area contributed by atoms with E-state index in [-0.39, 0.29) is 0 Å². The van der Waals surface area contributed by atoms with Crippen molar-refractivity contribution >= 4 is 5.82 Å². The molecule has 0 saturated carbocycles. The van der Waals surface area contributed by atoms with Gasteiger partial charge in [-0.25, -0.2) is 4.98 Å². The van der Waals surface area contributed by atoms with E-state index in [9.17, 15) is 0 Å². The molecule has 2 rings (SSSR count). The van der Waals surface area contributed by atoms with Crippen LogP contribution in [-0.4, -0.2) is 42.6 Å². The molecule has 0 aromatic carbocycles. The van der Waals surface area contributed by atoms with E-state index in [2.05, 4.69) is 40.9 Å². The first-order chi connectivity index (χ1) is 8.69. The fourth-order valence-electron chi connectivity index (χ4n) is 2.27. The molecule has 0 radical (unpaired) electrons. The third-order valence-corrected chi connectivity index (χ3v) is 3.71. The van der Waals surface area contributed by atoms with Crippen LogP contribution in [-0.2, 0) is 6.54 Å². The van der Waals surface area contributed by atoms with Crippen LogP contribution in [0.1, 0.15) is 25.3 Å². The number of pyridine rings is 1. The molecule has 0 bridgehead atoms. The molecule has 0 aliphatic carbocycles. The van der Waals surface area contributed by atoms with Gasteiger partial charge in [0.25, 0.3) is 0 Å². The second-order valence-electron chi connectivity index (χ2n) is 5.15. The Bertz CT molecular complexity index is 355.